The predicted molar refractivity (Wildman–Crippen MR) is 127 cm³/mol. The second-order valence-corrected chi connectivity index (χ2v) is 9.27. The summed E-state index contributed by atoms with van der Waals surface area (Å²) >= 11 is 0.735. The van der Waals surface area contributed by atoms with Crippen LogP contribution in [0.25, 0.3) is 32.2 Å². The number of benzene rings is 2. The molecule has 37 heavy (non-hydrogen) atoms. The van der Waals surface area contributed by atoms with Gasteiger partial charge in [0.05, 0.1) is 35.5 Å². The molecular weight excluding hydrogens is 521 g/mol. The van der Waals surface area contributed by atoms with E-state index in [0.717, 1.165) is 29.5 Å². The molecule has 2 aromatic heterocycles. The van der Waals surface area contributed by atoms with Crippen molar-refractivity contribution in [1.82, 2.24) is 19.9 Å². The van der Waals surface area contributed by atoms with Crippen LogP contribution in [0.3, 0.4) is 0 Å². The van der Waals surface area contributed by atoms with Crippen LogP contribution >= 0.6 is 11.3 Å². The first kappa shape index (κ1) is 24.8. The number of thiazole rings is 1. The number of halogens is 5. The van der Waals surface area contributed by atoms with E-state index in [1.165, 1.54) is 12.0 Å². The maximum Gasteiger partial charge on any atom is 0.417 e. The number of aromatic nitrogens is 3. The number of nitrogens with zero attached hydrogens (tertiary/aromatic N) is 4. The summed E-state index contributed by atoms with van der Waals surface area (Å²) in [5, 5.41) is 2.59. The molecule has 0 aliphatic carbocycles. The molecule has 5 N–H and O–H groups in total. The number of amides is 1. The molecular formula is C22H18F5N7O2S. The lowest BCUT2D eigenvalue weighted by Gasteiger charge is -2.39. The Morgan fingerprint density at radius 2 is 1.95 bits per heavy atom. The molecule has 1 aliphatic rings. The summed E-state index contributed by atoms with van der Waals surface area (Å²) in [6.45, 7) is 0.284. The number of rotatable bonds is 5. The number of fused-ring (bicyclic) bond motifs is 2. The highest BCUT2D eigenvalue weighted by molar-refractivity contribution is 7.22. The van der Waals surface area contributed by atoms with Crippen molar-refractivity contribution in [1.29, 1.82) is 0 Å². The van der Waals surface area contributed by atoms with Crippen molar-refractivity contribution < 1.29 is 31.5 Å². The van der Waals surface area contributed by atoms with Crippen molar-refractivity contribution >= 4 is 49.3 Å². The molecule has 4 aromatic rings. The van der Waals surface area contributed by atoms with Gasteiger partial charge in [-0.05, 0) is 18.2 Å². The molecule has 3 heterocycles. The lowest BCUT2D eigenvalue weighted by atomic mass is 9.95. The molecule has 2 aromatic carbocycles. The number of likely N-dealkylation sites (tertiary alicyclic amines) is 1. The number of hydrogen-bond donors (Lipinski definition) is 3. The summed E-state index contributed by atoms with van der Waals surface area (Å²) in [4.78, 5) is 25.1. The van der Waals surface area contributed by atoms with Crippen LogP contribution in [-0.2, 0) is 11.0 Å². The lowest BCUT2D eigenvalue weighted by molar-refractivity contribution is -0.137. The number of carbonyl (C=O) groups excluding carboxylic acids is 1. The van der Waals surface area contributed by atoms with Gasteiger partial charge in [-0.15, -0.1) is 0 Å². The van der Waals surface area contributed by atoms with Gasteiger partial charge in [-0.25, -0.2) is 13.8 Å². The molecule has 1 aliphatic heterocycles. The normalized spacial score (nSPS) is 14.3. The number of nitrogen functional groups attached to an aromatic ring is 1. The number of carbonyl (C=O) groups is 1. The smallest absolute Gasteiger partial charge is 0.417 e. The molecule has 1 amide bonds. The Balaban J connectivity index is 1.72. The van der Waals surface area contributed by atoms with Crippen molar-refractivity contribution in [3.05, 3.63) is 35.4 Å². The quantitative estimate of drug-likeness (QED) is 0.329. The third-order valence-corrected chi connectivity index (χ3v) is 6.82. The molecule has 9 nitrogen and oxygen atoms in total. The molecule has 0 unspecified atom stereocenters. The SMILES string of the molecule is COc1nc(NC2CN(C(=O)CN)C2)c2cc(C(F)(F)F)c(-c3ccc(F)c4sc(N)nc34)c(F)c2n1. The van der Waals surface area contributed by atoms with Crippen molar-refractivity contribution in [2.24, 2.45) is 5.73 Å². The van der Waals surface area contributed by atoms with Crippen LogP contribution in [-0.4, -0.2) is 58.5 Å². The van der Waals surface area contributed by atoms with Gasteiger partial charge < -0.3 is 26.4 Å². The molecule has 0 atom stereocenters. The summed E-state index contributed by atoms with van der Waals surface area (Å²) in [5.41, 5.74) is 7.88. The van der Waals surface area contributed by atoms with Gasteiger partial charge in [0.2, 0.25) is 5.91 Å². The molecule has 194 valence electrons. The van der Waals surface area contributed by atoms with Gasteiger partial charge in [0, 0.05) is 29.6 Å². The second kappa shape index (κ2) is 8.92. The monoisotopic (exact) mass is 539 g/mol. The van der Waals surface area contributed by atoms with Crippen LogP contribution in [0.15, 0.2) is 18.2 Å². The van der Waals surface area contributed by atoms with E-state index < -0.39 is 34.5 Å². The number of alkyl halides is 3. The Morgan fingerprint density at radius 1 is 1.22 bits per heavy atom. The predicted octanol–water partition coefficient (Wildman–Crippen LogP) is 3.38. The first-order chi connectivity index (χ1) is 17.5. The fraction of sp³-hybridized carbons (Fsp3) is 0.273. The number of nitrogens with two attached hydrogens (primary N) is 2. The highest BCUT2D eigenvalue weighted by atomic mass is 32.1. The number of hydrogen-bond acceptors (Lipinski definition) is 9. The van der Waals surface area contributed by atoms with Crippen LogP contribution < -0.4 is 21.5 Å². The molecule has 1 saturated heterocycles. The van der Waals surface area contributed by atoms with Crippen molar-refractivity contribution in [2.75, 3.05) is 37.8 Å². The molecule has 0 saturated carbocycles. The molecule has 0 radical (unpaired) electrons. The van der Waals surface area contributed by atoms with Gasteiger partial charge in [-0.3, -0.25) is 4.79 Å². The standard InChI is InChI=1S/C22H18F5N7O2S/c1-36-21-32-16-10(19(33-21)30-8-6-34(7-8)13(35)5-28)4-11(22(25,26)27)14(15(16)24)9-2-3-12(23)18-17(9)31-20(29)37-18/h2-4,8H,5-7,28H2,1H3,(H2,29,31)(H,30,32,33). The highest BCUT2D eigenvalue weighted by Crippen LogP contribution is 2.45. The summed E-state index contributed by atoms with van der Waals surface area (Å²) in [6, 6.07) is 2.01. The van der Waals surface area contributed by atoms with Crippen LogP contribution in [0, 0.1) is 11.6 Å². The summed E-state index contributed by atoms with van der Waals surface area (Å²) in [7, 11) is 1.22. The molecule has 5 rings (SSSR count). The first-order valence-electron chi connectivity index (χ1n) is 10.8. The minimum absolute atomic E-state index is 0.0887. The van der Waals surface area contributed by atoms with E-state index in [4.69, 9.17) is 16.2 Å². The topological polar surface area (TPSA) is 132 Å². The minimum Gasteiger partial charge on any atom is -0.467 e. The van der Waals surface area contributed by atoms with Crippen LogP contribution in [0.5, 0.6) is 6.01 Å². The lowest BCUT2D eigenvalue weighted by Crippen LogP contribution is -2.58. The largest absolute Gasteiger partial charge is 0.467 e. The Kier molecular flexibility index (Phi) is 5.98. The summed E-state index contributed by atoms with van der Waals surface area (Å²) < 4.78 is 78.2. The van der Waals surface area contributed by atoms with Gasteiger partial charge in [0.1, 0.15) is 17.2 Å². The van der Waals surface area contributed by atoms with Gasteiger partial charge in [0.25, 0.3) is 0 Å². The first-order valence-corrected chi connectivity index (χ1v) is 11.6. The Labute approximate surface area is 209 Å². The summed E-state index contributed by atoms with van der Waals surface area (Å²) in [5.74, 6) is -2.46. The molecule has 0 spiro atoms. The van der Waals surface area contributed by atoms with E-state index in [1.54, 1.807) is 0 Å². The van der Waals surface area contributed by atoms with Crippen molar-refractivity contribution in [3.63, 3.8) is 0 Å². The number of nitrogens with one attached hydrogen (secondary N) is 1. The van der Waals surface area contributed by atoms with Crippen molar-refractivity contribution in [2.45, 2.75) is 12.2 Å². The summed E-state index contributed by atoms with van der Waals surface area (Å²) in [6.07, 6.45) is -5.01. The Morgan fingerprint density at radius 3 is 2.59 bits per heavy atom. The Bertz CT molecular complexity index is 1550. The van der Waals surface area contributed by atoms with Crippen LogP contribution in [0.1, 0.15) is 5.56 Å². The van der Waals surface area contributed by atoms with E-state index in [0.29, 0.717) is 0 Å². The van der Waals surface area contributed by atoms with E-state index in [1.807, 2.05) is 0 Å². The zero-order valence-electron chi connectivity index (χ0n) is 19.0. The number of anilines is 2. The number of ether oxygens (including phenoxy) is 1. The van der Waals surface area contributed by atoms with Gasteiger partial charge in [0.15, 0.2) is 10.9 Å². The van der Waals surface area contributed by atoms with E-state index in [9.17, 15) is 22.4 Å². The third-order valence-electron chi connectivity index (χ3n) is 5.93. The molecule has 1 fully saturated rings. The second-order valence-electron chi connectivity index (χ2n) is 8.23. The zero-order chi connectivity index (χ0) is 26.6. The van der Waals surface area contributed by atoms with E-state index >= 15 is 4.39 Å². The maximum absolute atomic E-state index is 16.0. The molecule has 0 bridgehead atoms. The van der Waals surface area contributed by atoms with Crippen LogP contribution in [0.2, 0.25) is 0 Å². The van der Waals surface area contributed by atoms with E-state index in [2.05, 4.69) is 20.3 Å². The maximum atomic E-state index is 16.0. The highest BCUT2D eigenvalue weighted by Gasteiger charge is 2.38. The zero-order valence-corrected chi connectivity index (χ0v) is 19.8. The average molecular weight is 539 g/mol. The minimum atomic E-state index is -5.01. The van der Waals surface area contributed by atoms with Gasteiger partial charge in [-0.2, -0.15) is 23.1 Å². The fourth-order valence-corrected chi connectivity index (χ4v) is 4.95. The third kappa shape index (κ3) is 4.23. The van der Waals surface area contributed by atoms with Gasteiger partial charge in [-0.1, -0.05) is 11.3 Å². The van der Waals surface area contributed by atoms with Crippen molar-refractivity contribution in [3.8, 4) is 17.1 Å². The number of methoxy groups -OCH3 is 1. The van der Waals surface area contributed by atoms with Gasteiger partial charge >= 0.3 is 12.2 Å². The Hall–Kier alpha value is -3.85. The molecule has 15 heteroatoms. The fourth-order valence-electron chi connectivity index (χ4n) is 4.18. The average Bonchev–Trinajstić information content (AvgIpc) is 3.23. The van der Waals surface area contributed by atoms with E-state index in [-0.39, 0.29) is 69.7 Å². The van der Waals surface area contributed by atoms with Crippen LogP contribution in [0.4, 0.5) is 32.9 Å².